The normalized spacial score (nSPS) is 11.9. The van der Waals surface area contributed by atoms with Crippen molar-refractivity contribution in [3.05, 3.63) is 65.2 Å². The molecule has 0 saturated carbocycles. The minimum absolute atomic E-state index is 0.0165. The molecule has 3 rings (SSSR count). The van der Waals surface area contributed by atoms with Gasteiger partial charge in [-0.05, 0) is 24.6 Å². The highest BCUT2D eigenvalue weighted by Crippen LogP contribution is 2.28. The van der Waals surface area contributed by atoms with Crippen molar-refractivity contribution in [2.75, 3.05) is 13.6 Å². The van der Waals surface area contributed by atoms with Crippen molar-refractivity contribution in [1.29, 1.82) is 0 Å². The van der Waals surface area contributed by atoms with Crippen LogP contribution in [0.2, 0.25) is 0 Å². The lowest BCUT2D eigenvalue weighted by atomic mass is 10.1. The Kier molecular flexibility index (Phi) is 5.63. The molecule has 0 aliphatic carbocycles. The highest BCUT2D eigenvalue weighted by atomic mass is 32.1. The molecule has 26 heavy (non-hydrogen) atoms. The molecule has 5 nitrogen and oxygen atoms in total. The predicted molar refractivity (Wildman–Crippen MR) is 104 cm³/mol. The van der Waals surface area contributed by atoms with Crippen LogP contribution in [-0.4, -0.2) is 35.3 Å². The molecule has 1 N–H and O–H groups in total. The number of rotatable bonds is 6. The molecule has 0 radical (unpaired) electrons. The highest BCUT2D eigenvalue weighted by molar-refractivity contribution is 7.18. The van der Waals surface area contributed by atoms with Gasteiger partial charge in [0, 0.05) is 7.05 Å². The molecule has 1 heterocycles. The maximum Gasteiger partial charge on any atom is 0.242 e. The number of carbonyl (C=O) groups is 2. The number of amides is 2. The van der Waals surface area contributed by atoms with E-state index in [1.165, 1.54) is 0 Å². The van der Waals surface area contributed by atoms with Crippen LogP contribution in [0.1, 0.15) is 23.5 Å². The molecule has 2 amide bonds. The number of nitrogens with one attached hydrogen (secondary N) is 1. The van der Waals surface area contributed by atoms with E-state index in [9.17, 15) is 9.59 Å². The van der Waals surface area contributed by atoms with E-state index in [0.717, 1.165) is 20.8 Å². The minimum atomic E-state index is -0.161. The Labute approximate surface area is 156 Å². The van der Waals surface area contributed by atoms with E-state index in [2.05, 4.69) is 10.3 Å². The summed E-state index contributed by atoms with van der Waals surface area (Å²) in [6, 6.07) is 17.2. The van der Waals surface area contributed by atoms with Crippen molar-refractivity contribution in [3.63, 3.8) is 0 Å². The van der Waals surface area contributed by atoms with E-state index >= 15 is 0 Å². The molecule has 1 atom stereocenters. The molecular formula is C20H21N3O2S. The first kappa shape index (κ1) is 18.1. The summed E-state index contributed by atoms with van der Waals surface area (Å²) in [7, 11) is 1.74. The van der Waals surface area contributed by atoms with Gasteiger partial charge in [0.2, 0.25) is 11.8 Å². The zero-order chi connectivity index (χ0) is 18.5. The first-order valence-corrected chi connectivity index (χ1v) is 9.28. The summed E-state index contributed by atoms with van der Waals surface area (Å²) in [5, 5.41) is 3.58. The van der Waals surface area contributed by atoms with Crippen molar-refractivity contribution in [2.24, 2.45) is 0 Å². The van der Waals surface area contributed by atoms with Crippen LogP contribution in [0.25, 0.3) is 10.2 Å². The molecule has 2 aromatic carbocycles. The van der Waals surface area contributed by atoms with Gasteiger partial charge in [-0.25, -0.2) is 4.98 Å². The number of aromatic nitrogens is 1. The Balaban J connectivity index is 1.56. The van der Waals surface area contributed by atoms with Gasteiger partial charge >= 0.3 is 0 Å². The van der Waals surface area contributed by atoms with Crippen molar-refractivity contribution >= 4 is 33.4 Å². The topological polar surface area (TPSA) is 62.3 Å². The molecule has 0 saturated heterocycles. The van der Waals surface area contributed by atoms with Crippen LogP contribution in [0, 0.1) is 0 Å². The molecule has 1 aromatic heterocycles. The molecular weight excluding hydrogens is 346 g/mol. The second-order valence-electron chi connectivity index (χ2n) is 6.14. The number of fused-ring (bicyclic) bond motifs is 1. The summed E-state index contributed by atoms with van der Waals surface area (Å²) < 4.78 is 1.10. The van der Waals surface area contributed by atoms with Crippen LogP contribution in [-0.2, 0) is 16.0 Å². The predicted octanol–water partition coefficient (Wildman–Crippen LogP) is 3.17. The van der Waals surface area contributed by atoms with E-state index in [4.69, 9.17) is 0 Å². The van der Waals surface area contributed by atoms with Crippen LogP contribution in [0.5, 0.6) is 0 Å². The number of thiazole rings is 1. The Morgan fingerprint density at radius 1 is 1.12 bits per heavy atom. The van der Waals surface area contributed by atoms with Gasteiger partial charge in [0.1, 0.15) is 5.01 Å². The van der Waals surface area contributed by atoms with Gasteiger partial charge in [-0.15, -0.1) is 11.3 Å². The van der Waals surface area contributed by atoms with Crippen molar-refractivity contribution in [2.45, 2.75) is 19.4 Å². The summed E-state index contributed by atoms with van der Waals surface area (Å²) >= 11 is 1.58. The van der Waals surface area contributed by atoms with Crippen LogP contribution in [0.4, 0.5) is 0 Å². The first-order chi connectivity index (χ1) is 12.5. The van der Waals surface area contributed by atoms with Crippen LogP contribution >= 0.6 is 11.3 Å². The standard InChI is InChI=1S/C20H21N3O2S/c1-14(20-22-16-10-6-7-11-17(16)26-20)23(2)19(25)13-21-18(24)12-15-8-4-3-5-9-15/h3-11,14H,12-13H2,1-2H3,(H,21,24). The first-order valence-electron chi connectivity index (χ1n) is 8.46. The Bertz CT molecular complexity index is 875. The van der Waals surface area contributed by atoms with Gasteiger partial charge in [-0.2, -0.15) is 0 Å². The largest absolute Gasteiger partial charge is 0.347 e. The quantitative estimate of drug-likeness (QED) is 0.728. The number of likely N-dealkylation sites (N-methyl/N-ethyl adjacent to an activating group) is 1. The van der Waals surface area contributed by atoms with Gasteiger partial charge < -0.3 is 10.2 Å². The van der Waals surface area contributed by atoms with Crippen LogP contribution in [0.3, 0.4) is 0 Å². The van der Waals surface area contributed by atoms with E-state index in [1.807, 2.05) is 61.5 Å². The molecule has 1 unspecified atom stereocenters. The molecule has 134 valence electrons. The van der Waals surface area contributed by atoms with Gasteiger partial charge in [-0.3, -0.25) is 9.59 Å². The van der Waals surface area contributed by atoms with Crippen LogP contribution < -0.4 is 5.32 Å². The lowest BCUT2D eigenvalue weighted by molar-refractivity contribution is -0.133. The van der Waals surface area contributed by atoms with Crippen molar-refractivity contribution in [1.82, 2.24) is 15.2 Å². The van der Waals surface area contributed by atoms with E-state index < -0.39 is 0 Å². The fourth-order valence-corrected chi connectivity index (χ4v) is 3.66. The minimum Gasteiger partial charge on any atom is -0.347 e. The van der Waals surface area contributed by atoms with Gasteiger partial charge in [0.05, 0.1) is 29.2 Å². The monoisotopic (exact) mass is 367 g/mol. The molecule has 0 bridgehead atoms. The molecule has 3 aromatic rings. The molecule has 0 fully saturated rings. The number of hydrogen-bond acceptors (Lipinski definition) is 4. The maximum absolute atomic E-state index is 12.4. The highest BCUT2D eigenvalue weighted by Gasteiger charge is 2.21. The van der Waals surface area contributed by atoms with Crippen LogP contribution in [0.15, 0.2) is 54.6 Å². The average molecular weight is 367 g/mol. The van der Waals surface area contributed by atoms with Crippen molar-refractivity contribution in [3.8, 4) is 0 Å². The Hall–Kier alpha value is -2.73. The number of para-hydroxylation sites is 1. The SMILES string of the molecule is CC(c1nc2ccccc2s1)N(C)C(=O)CNC(=O)Cc1ccccc1. The van der Waals surface area contributed by atoms with E-state index in [-0.39, 0.29) is 30.8 Å². The van der Waals surface area contributed by atoms with Crippen molar-refractivity contribution < 1.29 is 9.59 Å². The smallest absolute Gasteiger partial charge is 0.242 e. The number of carbonyl (C=O) groups excluding carboxylic acids is 2. The Morgan fingerprint density at radius 2 is 1.81 bits per heavy atom. The summed E-state index contributed by atoms with van der Waals surface area (Å²) in [5.41, 5.74) is 1.87. The van der Waals surface area contributed by atoms with Gasteiger partial charge in [0.25, 0.3) is 0 Å². The molecule has 0 aliphatic rings. The third-order valence-corrected chi connectivity index (χ3v) is 5.49. The fraction of sp³-hybridized carbons (Fsp3) is 0.250. The average Bonchev–Trinajstić information content (AvgIpc) is 3.10. The third kappa shape index (κ3) is 4.26. The summed E-state index contributed by atoms with van der Waals surface area (Å²) in [4.78, 5) is 30.7. The maximum atomic E-state index is 12.4. The molecule has 0 spiro atoms. The Morgan fingerprint density at radius 3 is 2.54 bits per heavy atom. The van der Waals surface area contributed by atoms with E-state index in [1.54, 1.807) is 23.3 Å². The molecule has 6 heteroatoms. The molecule has 0 aliphatic heterocycles. The summed E-state index contributed by atoms with van der Waals surface area (Å²) in [5.74, 6) is -0.302. The second kappa shape index (κ2) is 8.10. The van der Waals surface area contributed by atoms with Gasteiger partial charge in [0.15, 0.2) is 0 Å². The zero-order valence-electron chi connectivity index (χ0n) is 14.8. The lowest BCUT2D eigenvalue weighted by Gasteiger charge is -2.23. The zero-order valence-corrected chi connectivity index (χ0v) is 15.6. The summed E-state index contributed by atoms with van der Waals surface area (Å²) in [6.07, 6.45) is 0.269. The summed E-state index contributed by atoms with van der Waals surface area (Å²) in [6.45, 7) is 1.93. The number of benzene rings is 2. The number of hydrogen-bond donors (Lipinski definition) is 1. The fourth-order valence-electron chi connectivity index (χ4n) is 2.59. The van der Waals surface area contributed by atoms with E-state index in [0.29, 0.717) is 0 Å². The van der Waals surface area contributed by atoms with Gasteiger partial charge in [-0.1, -0.05) is 42.5 Å². The number of nitrogens with zero attached hydrogens (tertiary/aromatic N) is 2. The second-order valence-corrected chi connectivity index (χ2v) is 7.20. The third-order valence-electron chi connectivity index (χ3n) is 4.29. The lowest BCUT2D eigenvalue weighted by Crippen LogP contribution is -2.39.